The molecule has 6 nitrogen and oxygen atoms in total. The van der Waals surface area contributed by atoms with Crippen molar-refractivity contribution in [2.75, 3.05) is 17.2 Å². The normalized spacial score (nSPS) is 12.2. The molecule has 0 fully saturated rings. The fourth-order valence-electron chi connectivity index (χ4n) is 1.33. The van der Waals surface area contributed by atoms with Gasteiger partial charge in [0.05, 0.1) is 6.61 Å². The summed E-state index contributed by atoms with van der Waals surface area (Å²) in [5.74, 6) is 1.02. The Hall–Kier alpha value is -1.59. The van der Waals surface area contributed by atoms with Gasteiger partial charge in [-0.15, -0.1) is 0 Å². The molecule has 0 saturated heterocycles. The largest absolute Gasteiger partial charge is 0.464 e. The van der Waals surface area contributed by atoms with Gasteiger partial charge in [0.15, 0.2) is 0 Å². The number of anilines is 2. The lowest BCUT2D eigenvalue weighted by Crippen LogP contribution is -2.30. The van der Waals surface area contributed by atoms with Gasteiger partial charge in [0.2, 0.25) is 11.9 Å². The average molecular weight is 267 g/mol. The first kappa shape index (κ1) is 15.5. The highest BCUT2D eigenvalue weighted by molar-refractivity contribution is 5.38. The Bertz CT molecular complexity index is 386. The van der Waals surface area contributed by atoms with Crippen LogP contribution in [0.25, 0.3) is 0 Å². The summed E-state index contributed by atoms with van der Waals surface area (Å²) in [6.45, 7) is 14.7. The van der Waals surface area contributed by atoms with E-state index in [0.717, 1.165) is 0 Å². The monoisotopic (exact) mass is 267 g/mol. The van der Waals surface area contributed by atoms with Gasteiger partial charge in [-0.1, -0.05) is 0 Å². The number of aromatic nitrogens is 3. The fraction of sp³-hybridized carbons (Fsp3) is 0.769. The van der Waals surface area contributed by atoms with Gasteiger partial charge in [-0.25, -0.2) is 0 Å². The van der Waals surface area contributed by atoms with Gasteiger partial charge in [-0.05, 0) is 48.5 Å². The van der Waals surface area contributed by atoms with E-state index in [2.05, 4.69) is 25.6 Å². The van der Waals surface area contributed by atoms with Crippen molar-refractivity contribution in [3.05, 3.63) is 0 Å². The maximum atomic E-state index is 5.37. The van der Waals surface area contributed by atoms with E-state index >= 15 is 0 Å². The Morgan fingerprint density at radius 3 is 1.58 bits per heavy atom. The van der Waals surface area contributed by atoms with Gasteiger partial charge in [-0.2, -0.15) is 15.0 Å². The molecule has 0 spiro atoms. The van der Waals surface area contributed by atoms with Gasteiger partial charge in [0, 0.05) is 11.1 Å². The average Bonchev–Trinajstić information content (AvgIpc) is 2.11. The van der Waals surface area contributed by atoms with Crippen LogP contribution in [0.2, 0.25) is 0 Å². The first-order valence-corrected chi connectivity index (χ1v) is 6.54. The summed E-state index contributed by atoms with van der Waals surface area (Å²) >= 11 is 0. The summed E-state index contributed by atoms with van der Waals surface area (Å²) < 4.78 is 5.37. The smallest absolute Gasteiger partial charge is 0.323 e. The first-order chi connectivity index (χ1) is 8.59. The van der Waals surface area contributed by atoms with E-state index in [-0.39, 0.29) is 11.1 Å². The lowest BCUT2D eigenvalue weighted by atomic mass is 10.1. The van der Waals surface area contributed by atoms with Crippen molar-refractivity contribution in [3.8, 4) is 6.01 Å². The molecule has 0 radical (unpaired) electrons. The van der Waals surface area contributed by atoms with Crippen LogP contribution in [0.5, 0.6) is 6.01 Å². The second-order valence-electron chi connectivity index (χ2n) is 6.45. The van der Waals surface area contributed by atoms with E-state index in [4.69, 9.17) is 4.74 Å². The molecule has 0 saturated carbocycles. The molecule has 0 aliphatic rings. The zero-order valence-electron chi connectivity index (χ0n) is 13.0. The van der Waals surface area contributed by atoms with E-state index in [1.54, 1.807) is 0 Å². The van der Waals surface area contributed by atoms with Crippen molar-refractivity contribution >= 4 is 11.9 Å². The number of ether oxygens (including phenoxy) is 1. The number of hydrogen-bond acceptors (Lipinski definition) is 6. The minimum Gasteiger partial charge on any atom is -0.464 e. The van der Waals surface area contributed by atoms with Crippen molar-refractivity contribution < 1.29 is 4.74 Å². The Morgan fingerprint density at radius 1 is 0.842 bits per heavy atom. The lowest BCUT2D eigenvalue weighted by molar-refractivity contribution is 0.312. The molecule has 0 aromatic carbocycles. The zero-order valence-corrected chi connectivity index (χ0v) is 13.0. The Labute approximate surface area is 115 Å². The van der Waals surface area contributed by atoms with Gasteiger partial charge < -0.3 is 15.4 Å². The first-order valence-electron chi connectivity index (χ1n) is 6.54. The molecule has 0 unspecified atom stereocenters. The fourth-order valence-corrected chi connectivity index (χ4v) is 1.33. The van der Waals surface area contributed by atoms with Crippen molar-refractivity contribution in [2.45, 2.75) is 59.5 Å². The summed E-state index contributed by atoms with van der Waals surface area (Å²) in [6.07, 6.45) is 0. The third-order valence-electron chi connectivity index (χ3n) is 1.86. The molecule has 1 rings (SSSR count). The topological polar surface area (TPSA) is 72.0 Å². The molecule has 6 heteroatoms. The second-order valence-corrected chi connectivity index (χ2v) is 6.45. The van der Waals surface area contributed by atoms with E-state index in [0.29, 0.717) is 24.5 Å². The van der Waals surface area contributed by atoms with Gasteiger partial charge in [-0.3, -0.25) is 0 Å². The van der Waals surface area contributed by atoms with Crippen LogP contribution in [0, 0.1) is 0 Å². The molecule has 0 bridgehead atoms. The van der Waals surface area contributed by atoms with E-state index in [9.17, 15) is 0 Å². The van der Waals surface area contributed by atoms with Crippen LogP contribution in [-0.4, -0.2) is 32.6 Å². The summed E-state index contributed by atoms with van der Waals surface area (Å²) in [5, 5.41) is 6.45. The van der Waals surface area contributed by atoms with Crippen LogP contribution in [0.3, 0.4) is 0 Å². The van der Waals surface area contributed by atoms with Crippen LogP contribution >= 0.6 is 0 Å². The predicted octanol–water partition coefficient (Wildman–Crippen LogP) is 2.69. The molecule has 108 valence electrons. The van der Waals surface area contributed by atoms with Gasteiger partial charge in [0.25, 0.3) is 0 Å². The summed E-state index contributed by atoms with van der Waals surface area (Å²) in [4.78, 5) is 12.8. The van der Waals surface area contributed by atoms with E-state index < -0.39 is 0 Å². The highest BCUT2D eigenvalue weighted by Crippen LogP contribution is 2.17. The Kier molecular flexibility index (Phi) is 4.55. The van der Waals surface area contributed by atoms with Gasteiger partial charge in [0.1, 0.15) is 0 Å². The summed E-state index contributed by atoms with van der Waals surface area (Å²) in [5.41, 5.74) is -0.242. The van der Waals surface area contributed by atoms with E-state index in [1.807, 2.05) is 48.5 Å². The molecule has 19 heavy (non-hydrogen) atoms. The third-order valence-corrected chi connectivity index (χ3v) is 1.86. The molecule has 0 aliphatic heterocycles. The predicted molar refractivity (Wildman–Crippen MR) is 77.7 cm³/mol. The molecule has 1 heterocycles. The number of nitrogens with one attached hydrogen (secondary N) is 2. The van der Waals surface area contributed by atoms with Crippen LogP contribution in [0.1, 0.15) is 48.5 Å². The highest BCUT2D eigenvalue weighted by atomic mass is 16.5. The molecule has 1 aromatic rings. The minimum absolute atomic E-state index is 0.121. The number of rotatable bonds is 4. The van der Waals surface area contributed by atoms with E-state index in [1.165, 1.54) is 0 Å². The standard InChI is InChI=1S/C13H25N5O/c1-8-19-11-15-9(17-12(2,3)4)14-10(16-11)18-13(5,6)7/h8H2,1-7H3,(H2,14,15,16,17,18). The van der Waals surface area contributed by atoms with Crippen molar-refractivity contribution in [1.29, 1.82) is 0 Å². The zero-order chi connectivity index (χ0) is 14.7. The Balaban J connectivity index is 3.03. The van der Waals surface area contributed by atoms with Crippen molar-refractivity contribution in [2.24, 2.45) is 0 Å². The molecule has 0 amide bonds. The third kappa shape index (κ3) is 6.22. The van der Waals surface area contributed by atoms with Crippen molar-refractivity contribution in [3.63, 3.8) is 0 Å². The van der Waals surface area contributed by atoms with Gasteiger partial charge >= 0.3 is 6.01 Å². The lowest BCUT2D eigenvalue weighted by Gasteiger charge is -2.23. The quantitative estimate of drug-likeness (QED) is 0.874. The molecule has 2 N–H and O–H groups in total. The molecular weight excluding hydrogens is 242 g/mol. The molecular formula is C13H25N5O. The molecule has 1 aromatic heterocycles. The molecule has 0 atom stereocenters. The SMILES string of the molecule is CCOc1nc(NC(C)(C)C)nc(NC(C)(C)C)n1. The maximum Gasteiger partial charge on any atom is 0.323 e. The number of nitrogens with zero attached hydrogens (tertiary/aromatic N) is 3. The summed E-state index contributed by atoms with van der Waals surface area (Å²) in [6, 6.07) is 0.330. The van der Waals surface area contributed by atoms with Crippen LogP contribution in [-0.2, 0) is 0 Å². The maximum absolute atomic E-state index is 5.37. The van der Waals surface area contributed by atoms with Crippen LogP contribution in [0.4, 0.5) is 11.9 Å². The Morgan fingerprint density at radius 2 is 1.26 bits per heavy atom. The summed E-state index contributed by atoms with van der Waals surface area (Å²) in [7, 11) is 0. The molecule has 0 aliphatic carbocycles. The number of hydrogen-bond donors (Lipinski definition) is 2. The van der Waals surface area contributed by atoms with Crippen LogP contribution < -0.4 is 15.4 Å². The minimum atomic E-state index is -0.121. The van der Waals surface area contributed by atoms with Crippen LogP contribution in [0.15, 0.2) is 0 Å². The highest BCUT2D eigenvalue weighted by Gasteiger charge is 2.17. The van der Waals surface area contributed by atoms with Crippen molar-refractivity contribution in [1.82, 2.24) is 15.0 Å². The second kappa shape index (κ2) is 5.59.